The van der Waals surface area contributed by atoms with Crippen LogP contribution in [0.15, 0.2) is 41.8 Å². The van der Waals surface area contributed by atoms with Gasteiger partial charge in [-0.15, -0.1) is 11.3 Å². The molecule has 2 saturated heterocycles. The number of nitrogens with one attached hydrogen (secondary N) is 1. The summed E-state index contributed by atoms with van der Waals surface area (Å²) >= 11 is 1.78. The highest BCUT2D eigenvalue weighted by molar-refractivity contribution is 7.17. The Morgan fingerprint density at radius 3 is 2.35 bits per heavy atom. The van der Waals surface area contributed by atoms with Crippen molar-refractivity contribution in [2.75, 3.05) is 44.6 Å². The number of benzene rings is 1. The molecular formula is C29H40N4S. The molecular weight excluding hydrogens is 436 g/mol. The first-order valence-electron chi connectivity index (χ1n) is 13.3. The third-order valence-corrected chi connectivity index (χ3v) is 8.80. The number of piperidine rings is 2. The van der Waals surface area contributed by atoms with Gasteiger partial charge >= 0.3 is 0 Å². The van der Waals surface area contributed by atoms with Gasteiger partial charge in [0, 0.05) is 17.6 Å². The first kappa shape index (κ1) is 23.8. The number of aromatic nitrogens is 1. The fraction of sp³-hybridized carbons (Fsp3) is 0.552. The molecule has 0 atom stereocenters. The monoisotopic (exact) mass is 476 g/mol. The third kappa shape index (κ3) is 5.32. The van der Waals surface area contributed by atoms with E-state index < -0.39 is 0 Å². The highest BCUT2D eigenvalue weighted by atomic mass is 32.1. The Balaban J connectivity index is 1.29. The van der Waals surface area contributed by atoms with Gasteiger partial charge in [-0.25, -0.2) is 4.98 Å². The molecule has 4 nitrogen and oxygen atoms in total. The molecule has 0 saturated carbocycles. The smallest absolute Gasteiger partial charge is 0.0838 e. The SMILES string of the molecule is CC(C)(c1ccc(-c2cc(NCCCN3CCCCC3)c3sccc3n2)cc1)N1CCCCC1. The minimum Gasteiger partial charge on any atom is -0.384 e. The molecule has 1 N–H and O–H groups in total. The maximum atomic E-state index is 5.00. The quantitative estimate of drug-likeness (QED) is 0.356. The van der Waals surface area contributed by atoms with Gasteiger partial charge in [0.05, 0.1) is 21.6 Å². The van der Waals surface area contributed by atoms with Gasteiger partial charge in [0.2, 0.25) is 0 Å². The van der Waals surface area contributed by atoms with Crippen LogP contribution in [-0.4, -0.2) is 54.1 Å². The van der Waals surface area contributed by atoms with Crippen LogP contribution in [0.5, 0.6) is 0 Å². The minimum absolute atomic E-state index is 0.0742. The molecule has 1 aromatic carbocycles. The van der Waals surface area contributed by atoms with E-state index in [1.807, 2.05) is 0 Å². The number of hydrogen-bond donors (Lipinski definition) is 1. The molecule has 0 amide bonds. The first-order chi connectivity index (χ1) is 16.6. The molecule has 5 rings (SSSR count). The minimum atomic E-state index is 0.0742. The summed E-state index contributed by atoms with van der Waals surface area (Å²) < 4.78 is 1.27. The van der Waals surface area contributed by atoms with Crippen molar-refractivity contribution in [1.29, 1.82) is 0 Å². The van der Waals surface area contributed by atoms with Crippen molar-refractivity contribution in [3.8, 4) is 11.3 Å². The number of pyridine rings is 1. The zero-order valence-electron chi connectivity index (χ0n) is 21.0. The Labute approximate surface area is 209 Å². The van der Waals surface area contributed by atoms with Crippen LogP contribution < -0.4 is 5.32 Å². The summed E-state index contributed by atoms with van der Waals surface area (Å²) in [6.07, 6.45) is 9.33. The number of anilines is 1. The Morgan fingerprint density at radius 1 is 0.912 bits per heavy atom. The average Bonchev–Trinajstić information content (AvgIpc) is 3.37. The standard InChI is InChI=1S/C29H40N4S/c1-29(2,33-19-7-4-8-20-33)24-12-10-23(11-13-24)26-22-27(28-25(31-26)14-21-34-28)30-15-9-18-32-16-5-3-6-17-32/h10-14,21-22H,3-9,15-20H2,1-2H3,(H,30,31). The molecule has 182 valence electrons. The number of thiophene rings is 1. The summed E-state index contributed by atoms with van der Waals surface area (Å²) in [4.78, 5) is 10.3. The van der Waals surface area contributed by atoms with Crippen molar-refractivity contribution in [1.82, 2.24) is 14.8 Å². The highest BCUT2D eigenvalue weighted by Crippen LogP contribution is 2.34. The molecule has 2 fully saturated rings. The van der Waals surface area contributed by atoms with Gasteiger partial charge in [-0.2, -0.15) is 0 Å². The van der Waals surface area contributed by atoms with Crippen LogP contribution in [0.3, 0.4) is 0 Å². The summed E-state index contributed by atoms with van der Waals surface area (Å²) in [5.74, 6) is 0. The van der Waals surface area contributed by atoms with E-state index in [-0.39, 0.29) is 5.54 Å². The van der Waals surface area contributed by atoms with Crippen molar-refractivity contribution >= 4 is 27.2 Å². The topological polar surface area (TPSA) is 31.4 Å². The molecule has 2 aliphatic rings. The van der Waals surface area contributed by atoms with Crippen LogP contribution in [0.1, 0.15) is 64.4 Å². The summed E-state index contributed by atoms with van der Waals surface area (Å²) in [5.41, 5.74) is 6.05. The van der Waals surface area contributed by atoms with Crippen LogP contribution in [0.2, 0.25) is 0 Å². The van der Waals surface area contributed by atoms with E-state index in [0.29, 0.717) is 0 Å². The Hall–Kier alpha value is -1.95. The summed E-state index contributed by atoms with van der Waals surface area (Å²) in [6.45, 7) is 11.9. The Bertz CT molecular complexity index is 1060. The second-order valence-electron chi connectivity index (χ2n) is 10.6. The van der Waals surface area contributed by atoms with E-state index in [0.717, 1.165) is 17.8 Å². The lowest BCUT2D eigenvalue weighted by Crippen LogP contribution is -2.44. The van der Waals surface area contributed by atoms with Crippen LogP contribution in [0, 0.1) is 0 Å². The molecule has 0 spiro atoms. The molecule has 5 heteroatoms. The van der Waals surface area contributed by atoms with Crippen molar-refractivity contribution in [2.45, 2.75) is 64.3 Å². The molecule has 0 aliphatic carbocycles. The van der Waals surface area contributed by atoms with Crippen LogP contribution >= 0.6 is 11.3 Å². The maximum Gasteiger partial charge on any atom is 0.0838 e. The van der Waals surface area contributed by atoms with Gasteiger partial charge in [0.1, 0.15) is 0 Å². The molecule has 3 aromatic rings. The Morgan fingerprint density at radius 2 is 1.62 bits per heavy atom. The molecule has 2 aliphatic heterocycles. The van der Waals surface area contributed by atoms with E-state index in [9.17, 15) is 0 Å². The van der Waals surface area contributed by atoms with Crippen LogP contribution in [-0.2, 0) is 5.54 Å². The number of fused-ring (bicyclic) bond motifs is 1. The maximum absolute atomic E-state index is 5.00. The van der Waals surface area contributed by atoms with E-state index in [1.54, 1.807) is 11.3 Å². The second-order valence-corrected chi connectivity index (χ2v) is 11.5. The molecule has 0 bridgehead atoms. The zero-order chi connectivity index (χ0) is 23.4. The lowest BCUT2D eigenvalue weighted by molar-refractivity contribution is 0.0943. The lowest BCUT2D eigenvalue weighted by Gasteiger charge is -2.41. The molecule has 2 aromatic heterocycles. The van der Waals surface area contributed by atoms with Crippen LogP contribution in [0.25, 0.3) is 21.5 Å². The Kier molecular flexibility index (Phi) is 7.52. The second kappa shape index (κ2) is 10.8. The first-order valence-corrected chi connectivity index (χ1v) is 14.2. The van der Waals surface area contributed by atoms with Crippen molar-refractivity contribution in [2.24, 2.45) is 0 Å². The predicted octanol–water partition coefficient (Wildman–Crippen LogP) is 6.97. The molecule has 34 heavy (non-hydrogen) atoms. The van der Waals surface area contributed by atoms with Gasteiger partial charge in [-0.3, -0.25) is 4.90 Å². The molecule has 0 radical (unpaired) electrons. The van der Waals surface area contributed by atoms with Gasteiger partial charge < -0.3 is 10.2 Å². The van der Waals surface area contributed by atoms with E-state index in [2.05, 4.69) is 70.7 Å². The molecule has 0 unspecified atom stereocenters. The molecule has 4 heterocycles. The normalized spacial score (nSPS) is 18.4. The van der Waals surface area contributed by atoms with Gasteiger partial charge in [-0.05, 0) is 102 Å². The van der Waals surface area contributed by atoms with E-state index >= 15 is 0 Å². The fourth-order valence-corrected chi connectivity index (χ4v) is 6.45. The van der Waals surface area contributed by atoms with Gasteiger partial charge in [0.25, 0.3) is 0 Å². The fourth-order valence-electron chi connectivity index (χ4n) is 5.63. The van der Waals surface area contributed by atoms with Crippen molar-refractivity contribution in [3.63, 3.8) is 0 Å². The average molecular weight is 477 g/mol. The largest absolute Gasteiger partial charge is 0.384 e. The number of hydrogen-bond acceptors (Lipinski definition) is 5. The summed E-state index contributed by atoms with van der Waals surface area (Å²) in [5, 5.41) is 5.90. The summed E-state index contributed by atoms with van der Waals surface area (Å²) in [6, 6.07) is 13.6. The van der Waals surface area contributed by atoms with Crippen LogP contribution in [0.4, 0.5) is 5.69 Å². The van der Waals surface area contributed by atoms with Crippen molar-refractivity contribution < 1.29 is 0 Å². The highest BCUT2D eigenvalue weighted by Gasteiger charge is 2.29. The predicted molar refractivity (Wildman–Crippen MR) is 147 cm³/mol. The third-order valence-electron chi connectivity index (χ3n) is 7.86. The number of rotatable bonds is 8. The number of nitrogens with zero attached hydrogens (tertiary/aromatic N) is 3. The lowest BCUT2D eigenvalue weighted by atomic mass is 9.89. The summed E-state index contributed by atoms with van der Waals surface area (Å²) in [7, 11) is 0. The van der Waals surface area contributed by atoms with Gasteiger partial charge in [-0.1, -0.05) is 37.1 Å². The van der Waals surface area contributed by atoms with Gasteiger partial charge in [0.15, 0.2) is 0 Å². The van der Waals surface area contributed by atoms with Crippen molar-refractivity contribution in [3.05, 3.63) is 47.3 Å². The van der Waals surface area contributed by atoms with E-state index in [1.165, 1.54) is 99.2 Å². The zero-order valence-corrected chi connectivity index (χ0v) is 21.8. The van der Waals surface area contributed by atoms with E-state index in [4.69, 9.17) is 4.98 Å². The number of likely N-dealkylation sites (tertiary alicyclic amines) is 2.